The van der Waals surface area contributed by atoms with E-state index in [1.54, 1.807) is 20.8 Å². The van der Waals surface area contributed by atoms with Crippen molar-refractivity contribution in [3.05, 3.63) is 52.1 Å². The molecule has 1 aromatic carbocycles. The molecular weight excluding hydrogens is 357 g/mol. The summed E-state index contributed by atoms with van der Waals surface area (Å²) >= 11 is 0. The Kier molecular flexibility index (Phi) is 6.33. The number of hydrogen-bond acceptors (Lipinski definition) is 6. The number of carbonyl (C=O) groups excluding carboxylic acids is 3. The van der Waals surface area contributed by atoms with Crippen molar-refractivity contribution in [3.8, 4) is 5.75 Å². The number of rotatable bonds is 7. The molecule has 0 saturated carbocycles. The van der Waals surface area contributed by atoms with Gasteiger partial charge >= 0.3 is 11.9 Å². The van der Waals surface area contributed by atoms with Crippen molar-refractivity contribution in [3.63, 3.8) is 0 Å². The van der Waals surface area contributed by atoms with Crippen LogP contribution in [0.25, 0.3) is 0 Å². The summed E-state index contributed by atoms with van der Waals surface area (Å²) in [5, 5.41) is 0. The van der Waals surface area contributed by atoms with E-state index in [4.69, 9.17) is 14.2 Å². The third-order valence-corrected chi connectivity index (χ3v) is 3.92. The molecule has 0 aliphatic rings. The zero-order valence-corrected chi connectivity index (χ0v) is 15.5. The molecule has 2 aromatic rings. The summed E-state index contributed by atoms with van der Waals surface area (Å²) in [6, 6.07) is 3.49. The first-order valence-corrected chi connectivity index (χ1v) is 8.20. The summed E-state index contributed by atoms with van der Waals surface area (Å²) in [7, 11) is 1.35. The summed E-state index contributed by atoms with van der Waals surface area (Å²) in [5.41, 5.74) is 1.06. The average molecular weight is 377 g/mol. The molecule has 7 nitrogen and oxygen atoms in total. The maximum absolute atomic E-state index is 13.4. The molecule has 0 fully saturated rings. The van der Waals surface area contributed by atoms with Crippen LogP contribution in [0.4, 0.5) is 4.39 Å². The molecule has 144 valence electrons. The van der Waals surface area contributed by atoms with Crippen molar-refractivity contribution in [2.24, 2.45) is 0 Å². The second-order valence-corrected chi connectivity index (χ2v) is 5.69. The fourth-order valence-corrected chi connectivity index (χ4v) is 2.64. The van der Waals surface area contributed by atoms with Crippen molar-refractivity contribution < 1.29 is 33.0 Å². The van der Waals surface area contributed by atoms with E-state index in [2.05, 4.69) is 4.98 Å². The van der Waals surface area contributed by atoms with Crippen molar-refractivity contribution in [1.82, 2.24) is 4.98 Å². The van der Waals surface area contributed by atoms with E-state index in [9.17, 15) is 18.8 Å². The first-order chi connectivity index (χ1) is 12.8. The van der Waals surface area contributed by atoms with Crippen LogP contribution in [0.2, 0.25) is 0 Å². The van der Waals surface area contributed by atoms with Crippen LogP contribution in [0.1, 0.15) is 49.4 Å². The van der Waals surface area contributed by atoms with Gasteiger partial charge < -0.3 is 19.2 Å². The van der Waals surface area contributed by atoms with Gasteiger partial charge in [-0.2, -0.15) is 0 Å². The number of ether oxygens (including phenoxy) is 3. The molecule has 0 unspecified atom stereocenters. The highest BCUT2D eigenvalue weighted by Crippen LogP contribution is 2.22. The van der Waals surface area contributed by atoms with E-state index in [1.165, 1.54) is 13.2 Å². The Morgan fingerprint density at radius 2 is 1.81 bits per heavy atom. The Morgan fingerprint density at radius 3 is 2.44 bits per heavy atom. The molecule has 0 bridgehead atoms. The Morgan fingerprint density at radius 1 is 1.11 bits per heavy atom. The highest BCUT2D eigenvalue weighted by Gasteiger charge is 2.25. The number of nitrogens with one attached hydrogen (secondary N) is 1. The van der Waals surface area contributed by atoms with E-state index in [1.807, 2.05) is 0 Å². The van der Waals surface area contributed by atoms with Crippen LogP contribution in [0.15, 0.2) is 18.2 Å². The van der Waals surface area contributed by atoms with Gasteiger partial charge in [-0.25, -0.2) is 14.0 Å². The smallest absolute Gasteiger partial charge is 0.355 e. The van der Waals surface area contributed by atoms with Crippen molar-refractivity contribution in [2.75, 3.05) is 20.3 Å². The van der Waals surface area contributed by atoms with Gasteiger partial charge in [0.1, 0.15) is 17.3 Å². The molecule has 0 atom stereocenters. The molecule has 0 aliphatic carbocycles. The summed E-state index contributed by atoms with van der Waals surface area (Å²) in [6.07, 6.45) is 0. The minimum atomic E-state index is -0.777. The molecule has 0 saturated heterocycles. The van der Waals surface area contributed by atoms with Crippen molar-refractivity contribution in [1.29, 1.82) is 0 Å². The number of ketones is 1. The van der Waals surface area contributed by atoms with Crippen molar-refractivity contribution in [2.45, 2.75) is 20.8 Å². The zero-order valence-electron chi connectivity index (χ0n) is 15.5. The maximum Gasteiger partial charge on any atom is 0.355 e. The lowest BCUT2D eigenvalue weighted by Crippen LogP contribution is -2.16. The van der Waals surface area contributed by atoms with Crippen LogP contribution in [0, 0.1) is 19.7 Å². The van der Waals surface area contributed by atoms with Gasteiger partial charge in [-0.15, -0.1) is 0 Å². The van der Waals surface area contributed by atoms with Gasteiger partial charge in [-0.1, -0.05) is 0 Å². The summed E-state index contributed by atoms with van der Waals surface area (Å²) in [4.78, 5) is 39.4. The van der Waals surface area contributed by atoms with Crippen LogP contribution in [-0.4, -0.2) is 43.0 Å². The maximum atomic E-state index is 13.4. The molecule has 1 heterocycles. The zero-order chi connectivity index (χ0) is 20.1. The number of halogens is 1. The normalized spacial score (nSPS) is 10.4. The van der Waals surface area contributed by atoms with Crippen LogP contribution < -0.4 is 4.74 Å². The molecule has 0 amide bonds. The number of esters is 2. The molecular formula is C19H20FNO6. The number of Topliss-reactive ketones (excluding diaryl/α,β-unsaturated/α-hetero) is 1. The minimum absolute atomic E-state index is 0.0278. The Bertz CT molecular complexity index is 887. The second-order valence-electron chi connectivity index (χ2n) is 5.69. The predicted molar refractivity (Wildman–Crippen MR) is 93.8 cm³/mol. The lowest BCUT2D eigenvalue weighted by molar-refractivity contribution is 0.0472. The van der Waals surface area contributed by atoms with Gasteiger partial charge in [0.15, 0.2) is 6.61 Å². The highest BCUT2D eigenvalue weighted by molar-refractivity contribution is 6.02. The molecule has 0 aliphatic heterocycles. The van der Waals surface area contributed by atoms with Crippen LogP contribution in [0.5, 0.6) is 5.75 Å². The number of H-pyrrole nitrogens is 1. The summed E-state index contributed by atoms with van der Waals surface area (Å²) in [6.45, 7) is 4.44. The van der Waals surface area contributed by atoms with Gasteiger partial charge in [0.2, 0.25) is 5.78 Å². The average Bonchev–Trinajstić information content (AvgIpc) is 2.94. The Hall–Kier alpha value is -3.16. The fraction of sp³-hybridized carbons (Fsp3) is 0.316. The number of benzene rings is 1. The molecule has 0 spiro atoms. The van der Waals surface area contributed by atoms with E-state index in [-0.39, 0.29) is 29.2 Å². The molecule has 2 rings (SSSR count). The number of carbonyl (C=O) groups is 3. The first kappa shape index (κ1) is 20.2. The van der Waals surface area contributed by atoms with Gasteiger partial charge in [0, 0.05) is 5.69 Å². The number of aromatic amines is 1. The third-order valence-electron chi connectivity index (χ3n) is 3.92. The monoisotopic (exact) mass is 377 g/mol. The Balaban J connectivity index is 2.16. The largest absolute Gasteiger partial charge is 0.496 e. The predicted octanol–water partition coefficient (Wildman–Crippen LogP) is 3.00. The SMILES string of the molecule is CCOC(=O)c1[nH]c(C)c(C(=O)OCC(=O)c2cc(F)ccc2OC)c1C. The second kappa shape index (κ2) is 8.48. The molecule has 27 heavy (non-hydrogen) atoms. The van der Waals surface area contributed by atoms with E-state index in [0.717, 1.165) is 12.1 Å². The fourth-order valence-electron chi connectivity index (χ4n) is 2.64. The van der Waals surface area contributed by atoms with Crippen LogP contribution in [-0.2, 0) is 9.47 Å². The van der Waals surface area contributed by atoms with Crippen molar-refractivity contribution >= 4 is 17.7 Å². The van der Waals surface area contributed by atoms with Gasteiger partial charge in [-0.05, 0) is 44.5 Å². The van der Waals surface area contributed by atoms with Crippen LogP contribution >= 0.6 is 0 Å². The topological polar surface area (TPSA) is 94.7 Å². The number of aryl methyl sites for hydroxylation is 1. The number of hydrogen-bond donors (Lipinski definition) is 1. The standard InChI is InChI=1S/C19H20FNO6/c1-5-26-19(24)17-10(2)16(11(3)21-17)18(23)27-9-14(22)13-8-12(20)6-7-15(13)25-4/h6-8,21H,5,9H2,1-4H3. The summed E-state index contributed by atoms with van der Waals surface area (Å²) in [5.74, 6) is -2.41. The molecule has 1 aromatic heterocycles. The minimum Gasteiger partial charge on any atom is -0.496 e. The van der Waals surface area contributed by atoms with Gasteiger partial charge in [0.25, 0.3) is 0 Å². The van der Waals surface area contributed by atoms with Crippen LogP contribution in [0.3, 0.4) is 0 Å². The molecule has 8 heteroatoms. The number of aromatic nitrogens is 1. The number of methoxy groups -OCH3 is 1. The lowest BCUT2D eigenvalue weighted by Gasteiger charge is -2.09. The lowest BCUT2D eigenvalue weighted by atomic mass is 10.1. The summed E-state index contributed by atoms with van der Waals surface area (Å²) < 4.78 is 28.4. The van der Waals surface area contributed by atoms with Gasteiger partial charge in [0.05, 0.1) is 24.8 Å². The highest BCUT2D eigenvalue weighted by atomic mass is 19.1. The van der Waals surface area contributed by atoms with E-state index >= 15 is 0 Å². The first-order valence-electron chi connectivity index (χ1n) is 8.20. The Labute approximate surface area is 155 Å². The van der Waals surface area contributed by atoms with Gasteiger partial charge in [-0.3, -0.25) is 4.79 Å². The molecule has 1 N–H and O–H groups in total. The van der Waals surface area contributed by atoms with E-state index < -0.39 is 30.1 Å². The molecule has 0 radical (unpaired) electrons. The van der Waals surface area contributed by atoms with E-state index in [0.29, 0.717) is 11.3 Å². The quantitative estimate of drug-likeness (QED) is 0.589. The third kappa shape index (κ3) is 4.33.